The molecule has 0 spiro atoms. The Labute approximate surface area is 84.6 Å². The van der Waals surface area contributed by atoms with Crippen LogP contribution in [0.25, 0.3) is 10.9 Å². The van der Waals surface area contributed by atoms with Crippen LogP contribution in [0.1, 0.15) is 5.56 Å². The summed E-state index contributed by atoms with van der Waals surface area (Å²) in [5.41, 5.74) is 0.618. The fourth-order valence-electron chi connectivity index (χ4n) is 1.23. The first kappa shape index (κ1) is 8.92. The summed E-state index contributed by atoms with van der Waals surface area (Å²) in [6, 6.07) is 6.26. The van der Waals surface area contributed by atoms with Gasteiger partial charge in [-0.15, -0.1) is 0 Å². The molecular formula is C10H4ClFN2. The van der Waals surface area contributed by atoms with Crippen LogP contribution in [0, 0.1) is 17.1 Å². The molecule has 0 aliphatic carbocycles. The highest BCUT2D eigenvalue weighted by molar-refractivity contribution is 6.31. The zero-order valence-corrected chi connectivity index (χ0v) is 7.72. The Morgan fingerprint density at radius 3 is 2.86 bits per heavy atom. The van der Waals surface area contributed by atoms with Gasteiger partial charge in [-0.3, -0.25) is 4.98 Å². The lowest BCUT2D eigenvalue weighted by atomic mass is 10.1. The average Bonchev–Trinajstić information content (AvgIpc) is 2.16. The number of benzene rings is 1. The monoisotopic (exact) mass is 206 g/mol. The van der Waals surface area contributed by atoms with Crippen LogP contribution in [0.4, 0.5) is 4.39 Å². The van der Waals surface area contributed by atoms with Crippen molar-refractivity contribution in [3.8, 4) is 6.07 Å². The van der Waals surface area contributed by atoms with Crippen molar-refractivity contribution in [3.63, 3.8) is 0 Å². The molecule has 1 aromatic heterocycles. The Bertz CT molecular complexity index is 546. The summed E-state index contributed by atoms with van der Waals surface area (Å²) < 4.78 is 13.3. The lowest BCUT2D eigenvalue weighted by Crippen LogP contribution is -1.86. The zero-order chi connectivity index (χ0) is 10.1. The van der Waals surface area contributed by atoms with Crippen LogP contribution in [-0.2, 0) is 0 Å². The fraction of sp³-hybridized carbons (Fsp3) is 0. The Morgan fingerprint density at radius 1 is 1.36 bits per heavy atom. The van der Waals surface area contributed by atoms with E-state index in [9.17, 15) is 4.39 Å². The highest BCUT2D eigenvalue weighted by Crippen LogP contribution is 2.21. The molecule has 2 nitrogen and oxygen atoms in total. The molecule has 2 aromatic rings. The Hall–Kier alpha value is -1.66. The predicted molar refractivity (Wildman–Crippen MR) is 51.4 cm³/mol. The van der Waals surface area contributed by atoms with E-state index in [0.717, 1.165) is 0 Å². The highest BCUT2D eigenvalue weighted by atomic mass is 35.5. The summed E-state index contributed by atoms with van der Waals surface area (Å²) >= 11 is 5.67. The first-order chi connectivity index (χ1) is 6.70. The first-order valence-corrected chi connectivity index (χ1v) is 4.23. The van der Waals surface area contributed by atoms with Gasteiger partial charge in [-0.25, -0.2) is 4.39 Å². The van der Waals surface area contributed by atoms with E-state index in [4.69, 9.17) is 16.9 Å². The molecule has 0 bridgehead atoms. The predicted octanol–water partition coefficient (Wildman–Crippen LogP) is 2.90. The maximum atomic E-state index is 13.3. The molecule has 0 amide bonds. The standard InChI is InChI=1S/C10H4ClFN2/c11-8-2-7-1-6(4-13)5-14-10(7)9(12)3-8/h1-3,5H. The maximum absolute atomic E-state index is 13.3. The summed E-state index contributed by atoms with van der Waals surface area (Å²) in [6.07, 6.45) is 1.33. The van der Waals surface area contributed by atoms with Gasteiger partial charge in [0.05, 0.1) is 5.56 Å². The smallest absolute Gasteiger partial charge is 0.150 e. The molecule has 0 aliphatic rings. The van der Waals surface area contributed by atoms with Gasteiger partial charge in [0.15, 0.2) is 5.82 Å². The number of nitrogens with zero attached hydrogens (tertiary/aromatic N) is 2. The largest absolute Gasteiger partial charge is 0.252 e. The van der Waals surface area contributed by atoms with Gasteiger partial charge < -0.3 is 0 Å². The Kier molecular flexibility index (Phi) is 2.06. The van der Waals surface area contributed by atoms with Crippen molar-refractivity contribution in [1.82, 2.24) is 4.98 Å². The second-order valence-electron chi connectivity index (χ2n) is 2.80. The van der Waals surface area contributed by atoms with E-state index >= 15 is 0 Å². The van der Waals surface area contributed by atoms with Gasteiger partial charge in [0, 0.05) is 16.6 Å². The third kappa shape index (κ3) is 1.40. The van der Waals surface area contributed by atoms with Crippen molar-refractivity contribution in [2.24, 2.45) is 0 Å². The van der Waals surface area contributed by atoms with Crippen molar-refractivity contribution < 1.29 is 4.39 Å². The van der Waals surface area contributed by atoms with Gasteiger partial charge in [-0.1, -0.05) is 11.6 Å². The Balaban J connectivity index is 2.83. The van der Waals surface area contributed by atoms with Gasteiger partial charge in [0.2, 0.25) is 0 Å². The quantitative estimate of drug-likeness (QED) is 0.665. The molecule has 0 saturated carbocycles. The minimum atomic E-state index is -0.475. The van der Waals surface area contributed by atoms with Crippen LogP contribution < -0.4 is 0 Å². The van der Waals surface area contributed by atoms with Gasteiger partial charge in [-0.2, -0.15) is 5.26 Å². The van der Waals surface area contributed by atoms with Crippen LogP contribution >= 0.6 is 11.6 Å². The fourth-order valence-corrected chi connectivity index (χ4v) is 1.45. The maximum Gasteiger partial charge on any atom is 0.150 e. The number of fused-ring (bicyclic) bond motifs is 1. The van der Waals surface area contributed by atoms with Crippen LogP contribution in [-0.4, -0.2) is 4.98 Å². The molecule has 0 unspecified atom stereocenters. The topological polar surface area (TPSA) is 36.7 Å². The second kappa shape index (κ2) is 3.24. The Morgan fingerprint density at radius 2 is 2.14 bits per heavy atom. The normalized spacial score (nSPS) is 10.1. The molecule has 0 N–H and O–H groups in total. The van der Waals surface area contributed by atoms with E-state index in [-0.39, 0.29) is 5.52 Å². The van der Waals surface area contributed by atoms with E-state index in [2.05, 4.69) is 4.98 Å². The van der Waals surface area contributed by atoms with Crippen LogP contribution in [0.15, 0.2) is 24.4 Å². The van der Waals surface area contributed by atoms with Gasteiger partial charge in [0.1, 0.15) is 11.6 Å². The molecular weight excluding hydrogens is 203 g/mol. The van der Waals surface area contributed by atoms with Gasteiger partial charge in [0.25, 0.3) is 0 Å². The summed E-state index contributed by atoms with van der Waals surface area (Å²) in [5, 5.41) is 9.45. The highest BCUT2D eigenvalue weighted by Gasteiger charge is 2.04. The molecule has 4 heteroatoms. The SMILES string of the molecule is N#Cc1cnc2c(F)cc(Cl)cc2c1. The summed E-state index contributed by atoms with van der Waals surface area (Å²) in [7, 11) is 0. The molecule has 0 fully saturated rings. The van der Waals surface area contributed by atoms with Crippen LogP contribution in [0.2, 0.25) is 5.02 Å². The minimum Gasteiger partial charge on any atom is -0.252 e. The average molecular weight is 207 g/mol. The zero-order valence-electron chi connectivity index (χ0n) is 6.96. The van der Waals surface area contributed by atoms with Crippen molar-refractivity contribution >= 4 is 22.5 Å². The number of aromatic nitrogens is 1. The number of hydrogen-bond donors (Lipinski definition) is 0. The molecule has 0 saturated heterocycles. The molecule has 14 heavy (non-hydrogen) atoms. The van der Waals surface area contributed by atoms with Crippen molar-refractivity contribution in [1.29, 1.82) is 5.26 Å². The molecule has 68 valence electrons. The van der Waals surface area contributed by atoms with E-state index in [1.54, 1.807) is 12.1 Å². The molecule has 2 rings (SSSR count). The number of nitriles is 1. The summed E-state index contributed by atoms with van der Waals surface area (Å²) in [6.45, 7) is 0. The molecule has 0 radical (unpaired) electrons. The third-order valence-corrected chi connectivity index (χ3v) is 2.05. The van der Waals surface area contributed by atoms with E-state index in [1.165, 1.54) is 12.3 Å². The number of halogens is 2. The minimum absolute atomic E-state index is 0.230. The van der Waals surface area contributed by atoms with Crippen molar-refractivity contribution in [2.75, 3.05) is 0 Å². The molecule has 0 atom stereocenters. The number of rotatable bonds is 0. The number of pyridine rings is 1. The van der Waals surface area contributed by atoms with E-state index in [1.807, 2.05) is 6.07 Å². The molecule has 1 aromatic carbocycles. The first-order valence-electron chi connectivity index (χ1n) is 3.85. The number of hydrogen-bond acceptors (Lipinski definition) is 2. The molecule has 1 heterocycles. The van der Waals surface area contributed by atoms with Crippen molar-refractivity contribution in [3.05, 3.63) is 40.8 Å². The second-order valence-corrected chi connectivity index (χ2v) is 3.23. The van der Waals surface area contributed by atoms with Crippen LogP contribution in [0.5, 0.6) is 0 Å². The lowest BCUT2D eigenvalue weighted by Gasteiger charge is -1.99. The third-order valence-electron chi connectivity index (χ3n) is 1.83. The van der Waals surface area contributed by atoms with Gasteiger partial charge >= 0.3 is 0 Å². The lowest BCUT2D eigenvalue weighted by molar-refractivity contribution is 0.637. The van der Waals surface area contributed by atoms with E-state index in [0.29, 0.717) is 16.0 Å². The summed E-state index contributed by atoms with van der Waals surface area (Å²) in [4.78, 5) is 3.84. The van der Waals surface area contributed by atoms with E-state index < -0.39 is 5.82 Å². The van der Waals surface area contributed by atoms with Crippen LogP contribution in [0.3, 0.4) is 0 Å². The molecule has 0 aliphatic heterocycles. The summed E-state index contributed by atoms with van der Waals surface area (Å²) in [5.74, 6) is -0.475. The van der Waals surface area contributed by atoms with Gasteiger partial charge in [-0.05, 0) is 18.2 Å². The van der Waals surface area contributed by atoms with Crippen molar-refractivity contribution in [2.45, 2.75) is 0 Å².